The van der Waals surface area contributed by atoms with Gasteiger partial charge in [0.15, 0.2) is 5.82 Å². The molecule has 2 aromatic rings. The van der Waals surface area contributed by atoms with Crippen LogP contribution in [0.5, 0.6) is 0 Å². The molecular formula is C15H21N5O2. The molecular weight excluding hydrogens is 282 g/mol. The largest absolute Gasteiger partial charge is 0.359 e. The Balaban J connectivity index is 2.17. The first-order valence-electron chi connectivity index (χ1n) is 7.16. The van der Waals surface area contributed by atoms with Gasteiger partial charge in [-0.1, -0.05) is 19.0 Å². The quantitative estimate of drug-likeness (QED) is 0.911. The average molecular weight is 303 g/mol. The van der Waals surface area contributed by atoms with Crippen molar-refractivity contribution in [3.63, 3.8) is 0 Å². The predicted molar refractivity (Wildman–Crippen MR) is 83.4 cm³/mol. The summed E-state index contributed by atoms with van der Waals surface area (Å²) in [5, 5.41) is 7.02. The Morgan fingerprint density at radius 2 is 2.05 bits per heavy atom. The molecule has 0 aliphatic carbocycles. The molecule has 0 saturated carbocycles. The molecule has 0 saturated heterocycles. The number of hydrogen-bond donors (Lipinski definition) is 1. The Bertz CT molecular complexity index is 651. The van der Waals surface area contributed by atoms with E-state index in [0.29, 0.717) is 17.5 Å². The number of hydrogen-bond acceptors (Lipinski definition) is 6. The van der Waals surface area contributed by atoms with E-state index in [2.05, 4.69) is 20.4 Å². The molecule has 0 aliphatic heterocycles. The fourth-order valence-electron chi connectivity index (χ4n) is 1.90. The van der Waals surface area contributed by atoms with Crippen LogP contribution in [-0.4, -0.2) is 46.1 Å². The summed E-state index contributed by atoms with van der Waals surface area (Å²) in [7, 11) is 3.44. The van der Waals surface area contributed by atoms with Crippen LogP contribution in [0.4, 0.5) is 5.82 Å². The maximum atomic E-state index is 11.9. The number of carbonyl (C=O) groups excluding carboxylic acids is 1. The van der Waals surface area contributed by atoms with E-state index >= 15 is 0 Å². The Labute approximate surface area is 129 Å². The molecule has 7 nitrogen and oxygen atoms in total. The molecule has 0 bridgehead atoms. The molecule has 0 spiro atoms. The number of amides is 1. The molecule has 118 valence electrons. The summed E-state index contributed by atoms with van der Waals surface area (Å²) in [5.41, 5.74) is 0.765. The SMILES string of the molecule is CC(C)c1noc(-c2ccnc(N[C@@H](C)C(=O)N(C)C)c2)n1. The van der Waals surface area contributed by atoms with Gasteiger partial charge in [0.25, 0.3) is 5.89 Å². The van der Waals surface area contributed by atoms with Crippen LogP contribution >= 0.6 is 0 Å². The van der Waals surface area contributed by atoms with Gasteiger partial charge in [-0.2, -0.15) is 4.98 Å². The fraction of sp³-hybridized carbons (Fsp3) is 0.467. The first-order chi connectivity index (χ1) is 10.4. The molecule has 0 unspecified atom stereocenters. The van der Waals surface area contributed by atoms with E-state index in [-0.39, 0.29) is 17.9 Å². The third kappa shape index (κ3) is 3.60. The van der Waals surface area contributed by atoms with Gasteiger partial charge in [0.2, 0.25) is 5.91 Å². The minimum absolute atomic E-state index is 0.0212. The van der Waals surface area contributed by atoms with Gasteiger partial charge in [-0.05, 0) is 19.1 Å². The number of rotatable bonds is 5. The minimum atomic E-state index is -0.369. The van der Waals surface area contributed by atoms with Gasteiger partial charge in [-0.25, -0.2) is 4.98 Å². The molecule has 1 amide bonds. The van der Waals surface area contributed by atoms with E-state index in [1.54, 1.807) is 39.3 Å². The lowest BCUT2D eigenvalue weighted by Gasteiger charge is -2.18. The lowest BCUT2D eigenvalue weighted by molar-refractivity contribution is -0.129. The second-order valence-electron chi connectivity index (χ2n) is 5.64. The Kier molecular flexibility index (Phi) is 4.75. The second-order valence-corrected chi connectivity index (χ2v) is 5.64. The third-order valence-corrected chi connectivity index (χ3v) is 3.14. The number of aromatic nitrogens is 3. The van der Waals surface area contributed by atoms with Crippen molar-refractivity contribution in [1.29, 1.82) is 0 Å². The summed E-state index contributed by atoms with van der Waals surface area (Å²) in [6.07, 6.45) is 1.64. The van der Waals surface area contributed by atoms with E-state index in [1.165, 1.54) is 4.90 Å². The summed E-state index contributed by atoms with van der Waals surface area (Å²) in [4.78, 5) is 22.0. The standard InChI is InChI=1S/C15H21N5O2/c1-9(2)13-18-14(22-19-13)11-6-7-16-12(8-11)17-10(3)15(21)20(4)5/h6-10H,1-5H3,(H,16,17)/t10-/m0/s1. The number of anilines is 1. The zero-order valence-electron chi connectivity index (χ0n) is 13.5. The minimum Gasteiger partial charge on any atom is -0.359 e. The van der Waals surface area contributed by atoms with Crippen molar-refractivity contribution >= 4 is 11.7 Å². The molecule has 2 aromatic heterocycles. The fourth-order valence-corrected chi connectivity index (χ4v) is 1.90. The Morgan fingerprint density at radius 1 is 1.32 bits per heavy atom. The van der Waals surface area contributed by atoms with Gasteiger partial charge < -0.3 is 14.7 Å². The first kappa shape index (κ1) is 15.9. The van der Waals surface area contributed by atoms with Crippen molar-refractivity contribution < 1.29 is 9.32 Å². The molecule has 0 fully saturated rings. The van der Waals surface area contributed by atoms with Gasteiger partial charge in [-0.15, -0.1) is 0 Å². The van der Waals surface area contributed by atoms with E-state index in [9.17, 15) is 4.79 Å². The van der Waals surface area contributed by atoms with Gasteiger partial charge >= 0.3 is 0 Å². The van der Waals surface area contributed by atoms with E-state index in [0.717, 1.165) is 5.56 Å². The number of pyridine rings is 1. The highest BCUT2D eigenvalue weighted by atomic mass is 16.5. The highest BCUT2D eigenvalue weighted by molar-refractivity contribution is 5.83. The van der Waals surface area contributed by atoms with Crippen LogP contribution in [0.3, 0.4) is 0 Å². The summed E-state index contributed by atoms with van der Waals surface area (Å²) < 4.78 is 5.27. The van der Waals surface area contributed by atoms with Crippen molar-refractivity contribution in [3.8, 4) is 11.5 Å². The van der Waals surface area contributed by atoms with Crippen LogP contribution < -0.4 is 5.32 Å². The van der Waals surface area contributed by atoms with Crippen molar-refractivity contribution in [3.05, 3.63) is 24.2 Å². The number of nitrogens with one attached hydrogen (secondary N) is 1. The zero-order valence-corrected chi connectivity index (χ0v) is 13.5. The lowest BCUT2D eigenvalue weighted by atomic mass is 10.2. The van der Waals surface area contributed by atoms with Crippen molar-refractivity contribution in [1.82, 2.24) is 20.0 Å². The summed E-state index contributed by atoms with van der Waals surface area (Å²) in [6, 6.07) is 3.21. The Morgan fingerprint density at radius 3 is 2.64 bits per heavy atom. The monoisotopic (exact) mass is 303 g/mol. The van der Waals surface area contributed by atoms with Gasteiger partial charge in [-0.3, -0.25) is 4.79 Å². The van der Waals surface area contributed by atoms with Crippen molar-refractivity contribution in [2.24, 2.45) is 0 Å². The smallest absolute Gasteiger partial charge is 0.258 e. The normalized spacial score (nSPS) is 12.3. The molecule has 0 aliphatic rings. The summed E-state index contributed by atoms with van der Waals surface area (Å²) in [6.45, 7) is 5.80. The van der Waals surface area contributed by atoms with Crippen LogP contribution in [-0.2, 0) is 4.79 Å². The first-order valence-corrected chi connectivity index (χ1v) is 7.16. The summed E-state index contributed by atoms with van der Waals surface area (Å²) in [5.74, 6) is 1.88. The molecule has 1 atom stereocenters. The number of likely N-dealkylation sites (N-methyl/N-ethyl adjacent to an activating group) is 1. The van der Waals surface area contributed by atoms with E-state index in [4.69, 9.17) is 4.52 Å². The van der Waals surface area contributed by atoms with Crippen molar-refractivity contribution in [2.45, 2.75) is 32.7 Å². The maximum absolute atomic E-state index is 11.9. The average Bonchev–Trinajstić information content (AvgIpc) is 2.96. The molecule has 2 heterocycles. The maximum Gasteiger partial charge on any atom is 0.258 e. The topological polar surface area (TPSA) is 84.2 Å². The van der Waals surface area contributed by atoms with Gasteiger partial charge in [0, 0.05) is 31.8 Å². The number of nitrogens with zero attached hydrogens (tertiary/aromatic N) is 4. The van der Waals surface area contributed by atoms with Crippen LogP contribution in [0.25, 0.3) is 11.5 Å². The van der Waals surface area contributed by atoms with Crippen LogP contribution in [0.15, 0.2) is 22.9 Å². The lowest BCUT2D eigenvalue weighted by Crippen LogP contribution is -2.36. The van der Waals surface area contributed by atoms with E-state index in [1.807, 2.05) is 13.8 Å². The van der Waals surface area contributed by atoms with Gasteiger partial charge in [0.05, 0.1) is 0 Å². The molecule has 22 heavy (non-hydrogen) atoms. The van der Waals surface area contributed by atoms with Crippen LogP contribution in [0, 0.1) is 0 Å². The molecule has 2 rings (SSSR count). The van der Waals surface area contributed by atoms with Gasteiger partial charge in [0.1, 0.15) is 11.9 Å². The molecule has 0 radical (unpaired) electrons. The second kappa shape index (κ2) is 6.55. The van der Waals surface area contributed by atoms with Crippen LogP contribution in [0.1, 0.15) is 32.5 Å². The van der Waals surface area contributed by atoms with Crippen molar-refractivity contribution in [2.75, 3.05) is 19.4 Å². The highest BCUT2D eigenvalue weighted by Crippen LogP contribution is 2.21. The molecule has 7 heteroatoms. The summed E-state index contributed by atoms with van der Waals surface area (Å²) >= 11 is 0. The predicted octanol–water partition coefficient (Wildman–Crippen LogP) is 2.14. The van der Waals surface area contributed by atoms with E-state index < -0.39 is 0 Å². The highest BCUT2D eigenvalue weighted by Gasteiger charge is 2.16. The number of carbonyl (C=O) groups is 1. The van der Waals surface area contributed by atoms with Crippen LogP contribution in [0.2, 0.25) is 0 Å². The Hall–Kier alpha value is -2.44. The third-order valence-electron chi connectivity index (χ3n) is 3.14. The molecule has 0 aromatic carbocycles. The zero-order chi connectivity index (χ0) is 16.3. The molecule has 1 N–H and O–H groups in total.